The predicted molar refractivity (Wildman–Crippen MR) is 138 cm³/mol. The lowest BCUT2D eigenvalue weighted by molar-refractivity contribution is 0.104. The largest absolute Gasteiger partial charge is 0.496 e. The van der Waals surface area contributed by atoms with Crippen molar-refractivity contribution >= 4 is 46.7 Å². The van der Waals surface area contributed by atoms with Crippen LogP contribution in [0.5, 0.6) is 11.5 Å². The third-order valence-corrected chi connectivity index (χ3v) is 6.14. The second kappa shape index (κ2) is 10.8. The van der Waals surface area contributed by atoms with Crippen molar-refractivity contribution in [3.05, 3.63) is 117 Å². The van der Waals surface area contributed by atoms with Gasteiger partial charge in [-0.25, -0.2) is 0 Å². The first-order valence-electron chi connectivity index (χ1n) is 10.3. The topological polar surface area (TPSA) is 40.5 Å². The number of allylic oxidation sites excluding steroid dienone is 1. The smallest absolute Gasteiger partial charge is 0.185 e. The number of halogens is 3. The van der Waals surface area contributed by atoms with Crippen LogP contribution in [0.3, 0.4) is 0 Å². The van der Waals surface area contributed by atoms with E-state index in [1.54, 1.807) is 31.4 Å². The number of carbonyl (C=O) groups excluding carboxylic acids is 1. The van der Waals surface area contributed by atoms with Gasteiger partial charge in [0.1, 0.15) is 18.1 Å². The number of benzene rings is 3. The van der Waals surface area contributed by atoms with Gasteiger partial charge in [0.05, 0.1) is 22.2 Å². The van der Waals surface area contributed by atoms with E-state index in [1.807, 2.05) is 65.5 Å². The highest BCUT2D eigenvalue weighted by molar-refractivity contribution is 6.43. The lowest BCUT2D eigenvalue weighted by Crippen LogP contribution is -2.00. The van der Waals surface area contributed by atoms with Crippen molar-refractivity contribution in [3.8, 4) is 17.2 Å². The summed E-state index contributed by atoms with van der Waals surface area (Å²) in [5.74, 6) is 0.973. The monoisotopic (exact) mass is 511 g/mol. The molecule has 0 fully saturated rings. The summed E-state index contributed by atoms with van der Waals surface area (Å²) >= 11 is 18.3. The summed E-state index contributed by atoms with van der Waals surface area (Å²) in [6.07, 6.45) is 7.19. The van der Waals surface area contributed by atoms with Gasteiger partial charge in [0.25, 0.3) is 0 Å². The number of ether oxygens (including phenoxy) is 2. The van der Waals surface area contributed by atoms with Gasteiger partial charge < -0.3 is 14.0 Å². The lowest BCUT2D eigenvalue weighted by atomic mass is 10.1. The molecule has 0 unspecified atom stereocenters. The highest BCUT2D eigenvalue weighted by Gasteiger charge is 2.10. The van der Waals surface area contributed by atoms with Crippen molar-refractivity contribution in [3.63, 3.8) is 0 Å². The van der Waals surface area contributed by atoms with Gasteiger partial charge in [-0.15, -0.1) is 0 Å². The maximum atomic E-state index is 12.8. The van der Waals surface area contributed by atoms with Gasteiger partial charge in [-0.3, -0.25) is 4.79 Å². The normalized spacial score (nSPS) is 11.1. The average Bonchev–Trinajstić information content (AvgIpc) is 3.39. The van der Waals surface area contributed by atoms with Crippen LogP contribution in [0, 0.1) is 0 Å². The molecule has 0 aliphatic carbocycles. The van der Waals surface area contributed by atoms with Gasteiger partial charge in [-0.1, -0.05) is 59.1 Å². The second-order valence-corrected chi connectivity index (χ2v) is 8.62. The highest BCUT2D eigenvalue weighted by atomic mass is 35.5. The summed E-state index contributed by atoms with van der Waals surface area (Å²) in [7, 11) is 1.59. The molecule has 0 radical (unpaired) electrons. The number of ketones is 1. The molecule has 172 valence electrons. The summed E-state index contributed by atoms with van der Waals surface area (Å²) in [5, 5.41) is 1.06. The van der Waals surface area contributed by atoms with Crippen LogP contribution < -0.4 is 9.47 Å². The van der Waals surface area contributed by atoms with E-state index in [2.05, 4.69) is 0 Å². The first kappa shape index (κ1) is 24.0. The number of carbonyl (C=O) groups is 1. The minimum absolute atomic E-state index is 0.0924. The molecule has 3 aromatic carbocycles. The van der Waals surface area contributed by atoms with Gasteiger partial charge in [-0.2, -0.15) is 0 Å². The fourth-order valence-electron chi connectivity index (χ4n) is 3.38. The molecule has 0 aliphatic rings. The Hall–Kier alpha value is -3.18. The highest BCUT2D eigenvalue weighted by Crippen LogP contribution is 2.35. The van der Waals surface area contributed by atoms with Crippen molar-refractivity contribution in [2.75, 3.05) is 7.11 Å². The van der Waals surface area contributed by atoms with Crippen molar-refractivity contribution < 1.29 is 14.3 Å². The maximum absolute atomic E-state index is 12.8. The molecule has 4 nitrogen and oxygen atoms in total. The predicted octanol–water partition coefficient (Wildman–Crippen LogP) is 7.92. The Balaban J connectivity index is 1.51. The molecule has 7 heteroatoms. The molecule has 0 saturated heterocycles. The zero-order chi connectivity index (χ0) is 24.1. The van der Waals surface area contributed by atoms with Crippen molar-refractivity contribution in [2.45, 2.75) is 6.61 Å². The molecule has 0 saturated carbocycles. The minimum Gasteiger partial charge on any atom is -0.496 e. The summed E-state index contributed by atoms with van der Waals surface area (Å²) in [5.41, 5.74) is 3.14. The van der Waals surface area contributed by atoms with Crippen molar-refractivity contribution in [1.82, 2.24) is 4.57 Å². The van der Waals surface area contributed by atoms with Gasteiger partial charge >= 0.3 is 0 Å². The summed E-state index contributed by atoms with van der Waals surface area (Å²) in [6.45, 7) is 0.190. The summed E-state index contributed by atoms with van der Waals surface area (Å²) in [6, 6.07) is 20.1. The van der Waals surface area contributed by atoms with Crippen LogP contribution in [0.4, 0.5) is 0 Å². The molecular weight excluding hydrogens is 493 g/mol. The van der Waals surface area contributed by atoms with Crippen LogP contribution >= 0.6 is 34.8 Å². The maximum Gasteiger partial charge on any atom is 0.185 e. The molecule has 1 aromatic heterocycles. The van der Waals surface area contributed by atoms with E-state index >= 15 is 0 Å². The zero-order valence-electron chi connectivity index (χ0n) is 18.2. The molecule has 1 heterocycles. The van der Waals surface area contributed by atoms with E-state index in [0.717, 1.165) is 16.8 Å². The number of methoxy groups -OCH3 is 1. The minimum atomic E-state index is -0.0924. The van der Waals surface area contributed by atoms with Gasteiger partial charge in [0, 0.05) is 35.3 Å². The molecule has 4 rings (SSSR count). The van der Waals surface area contributed by atoms with E-state index in [-0.39, 0.29) is 12.4 Å². The summed E-state index contributed by atoms with van der Waals surface area (Å²) < 4.78 is 13.3. The summed E-state index contributed by atoms with van der Waals surface area (Å²) in [4.78, 5) is 12.8. The number of rotatable bonds is 8. The Kier molecular flexibility index (Phi) is 7.63. The lowest BCUT2D eigenvalue weighted by Gasteiger charge is -2.13. The fourth-order valence-corrected chi connectivity index (χ4v) is 3.97. The van der Waals surface area contributed by atoms with Crippen molar-refractivity contribution in [1.29, 1.82) is 0 Å². The Morgan fingerprint density at radius 3 is 2.41 bits per heavy atom. The molecule has 0 atom stereocenters. The van der Waals surface area contributed by atoms with Gasteiger partial charge in [-0.05, 0) is 54.1 Å². The first-order chi connectivity index (χ1) is 16.4. The van der Waals surface area contributed by atoms with E-state index in [0.29, 0.717) is 32.1 Å². The average molecular weight is 513 g/mol. The van der Waals surface area contributed by atoms with Gasteiger partial charge in [0.15, 0.2) is 5.78 Å². The van der Waals surface area contributed by atoms with E-state index < -0.39 is 0 Å². The Morgan fingerprint density at radius 1 is 0.882 bits per heavy atom. The number of hydrogen-bond acceptors (Lipinski definition) is 3. The van der Waals surface area contributed by atoms with Crippen LogP contribution in [0.2, 0.25) is 15.1 Å². The van der Waals surface area contributed by atoms with Crippen LogP contribution in [0.25, 0.3) is 11.8 Å². The Morgan fingerprint density at radius 2 is 1.65 bits per heavy atom. The fraction of sp³-hybridized carbons (Fsp3) is 0.0741. The number of aromatic nitrogens is 1. The Labute approximate surface area is 212 Å². The van der Waals surface area contributed by atoms with Gasteiger partial charge in [0.2, 0.25) is 0 Å². The molecule has 4 aromatic rings. The molecule has 0 N–H and O–H groups in total. The van der Waals surface area contributed by atoms with Crippen LogP contribution in [0.15, 0.2) is 85.2 Å². The second-order valence-electron chi connectivity index (χ2n) is 7.39. The van der Waals surface area contributed by atoms with Crippen LogP contribution in [-0.2, 0) is 6.61 Å². The van der Waals surface area contributed by atoms with Crippen LogP contribution in [-0.4, -0.2) is 17.5 Å². The molecule has 0 bridgehead atoms. The molecule has 0 spiro atoms. The molecule has 34 heavy (non-hydrogen) atoms. The van der Waals surface area contributed by atoms with E-state index in [4.69, 9.17) is 44.3 Å². The molecular formula is C27H20Cl3NO3. The zero-order valence-corrected chi connectivity index (χ0v) is 20.4. The third kappa shape index (κ3) is 5.65. The third-order valence-electron chi connectivity index (χ3n) is 5.12. The van der Waals surface area contributed by atoms with Crippen molar-refractivity contribution in [2.24, 2.45) is 0 Å². The quantitative estimate of drug-likeness (QED) is 0.137. The van der Waals surface area contributed by atoms with E-state index in [9.17, 15) is 4.79 Å². The van der Waals surface area contributed by atoms with Crippen LogP contribution in [0.1, 0.15) is 21.5 Å². The Bertz CT molecular complexity index is 1350. The molecule has 0 amide bonds. The SMILES string of the molecule is COc1ccc(/C=C/C(=O)c2cccc(-n3cccc3)c2)cc1COc1cc(Cl)c(Cl)cc1Cl. The van der Waals surface area contributed by atoms with E-state index in [1.165, 1.54) is 6.07 Å². The number of hydrogen-bond donors (Lipinski definition) is 0. The molecule has 0 aliphatic heterocycles. The standard InChI is InChI=1S/C27H20Cl3NO3/c1-33-26-10-8-18(13-20(26)17-34-27-16-23(29)22(28)15-24(27)30)7-9-25(32)19-5-4-6-21(14-19)31-11-2-3-12-31/h2-16H,17H2,1H3/b9-7+. The first-order valence-corrected chi connectivity index (χ1v) is 11.5. The number of nitrogens with zero attached hydrogens (tertiary/aromatic N) is 1.